The largest absolute Gasteiger partial charge is 0.348 e. The van der Waals surface area contributed by atoms with Crippen LogP contribution in [0.15, 0.2) is 24.5 Å². The lowest BCUT2D eigenvalue weighted by Gasteiger charge is -2.13. The smallest absolute Gasteiger partial charge is 0.0931 e. The molecule has 102 valence electrons. The Kier molecular flexibility index (Phi) is 3.96. The van der Waals surface area contributed by atoms with Gasteiger partial charge >= 0.3 is 0 Å². The highest BCUT2D eigenvalue weighted by molar-refractivity contribution is 7.16. The van der Waals surface area contributed by atoms with Gasteiger partial charge in [-0.25, -0.2) is 0 Å². The number of halogens is 1. The van der Waals surface area contributed by atoms with Crippen LogP contribution in [0, 0.1) is 0 Å². The average Bonchev–Trinajstić information content (AvgIpc) is 2.92. The summed E-state index contributed by atoms with van der Waals surface area (Å²) >= 11 is 7.66. The molecule has 3 rings (SSSR count). The van der Waals surface area contributed by atoms with Gasteiger partial charge in [-0.3, -0.25) is 0 Å². The molecule has 2 aromatic rings. The molecule has 0 aliphatic heterocycles. The van der Waals surface area contributed by atoms with Crippen LogP contribution in [0.1, 0.15) is 41.3 Å². The summed E-state index contributed by atoms with van der Waals surface area (Å²) in [4.78, 5) is 1.32. The van der Waals surface area contributed by atoms with Crippen molar-refractivity contribution in [2.45, 2.75) is 38.3 Å². The Morgan fingerprint density at radius 2 is 2.26 bits per heavy atom. The normalized spacial score (nSPS) is 19.2. The zero-order valence-electron chi connectivity index (χ0n) is 11.2. The second-order valence-corrected chi connectivity index (χ2v) is 7.00. The Morgan fingerprint density at radius 1 is 1.37 bits per heavy atom. The molecule has 0 fully saturated rings. The monoisotopic (exact) mass is 294 g/mol. The van der Waals surface area contributed by atoms with Gasteiger partial charge in [0.15, 0.2) is 0 Å². The van der Waals surface area contributed by atoms with E-state index in [1.807, 2.05) is 6.07 Å². The van der Waals surface area contributed by atoms with Crippen molar-refractivity contribution >= 4 is 22.9 Å². The first-order chi connectivity index (χ1) is 9.26. The van der Waals surface area contributed by atoms with Gasteiger partial charge in [-0.2, -0.15) is 0 Å². The second kappa shape index (κ2) is 5.70. The summed E-state index contributed by atoms with van der Waals surface area (Å²) in [5.41, 5.74) is 3.00. The molecule has 2 nitrogen and oxygen atoms in total. The maximum absolute atomic E-state index is 5.99. The van der Waals surface area contributed by atoms with Gasteiger partial charge in [0.05, 0.1) is 10.9 Å². The van der Waals surface area contributed by atoms with Crippen LogP contribution in [0.4, 0.5) is 0 Å². The molecule has 4 heteroatoms. The zero-order chi connectivity index (χ0) is 13.2. The van der Waals surface area contributed by atoms with Crippen molar-refractivity contribution in [2.75, 3.05) is 7.05 Å². The van der Waals surface area contributed by atoms with Crippen molar-refractivity contribution in [1.29, 1.82) is 0 Å². The highest BCUT2D eigenvalue weighted by Crippen LogP contribution is 2.30. The molecule has 2 aromatic heterocycles. The quantitative estimate of drug-likeness (QED) is 0.838. The van der Waals surface area contributed by atoms with Crippen molar-refractivity contribution in [3.05, 3.63) is 44.9 Å². The number of hydrogen-bond acceptors (Lipinski definition) is 2. The number of rotatable bonds is 3. The summed E-state index contributed by atoms with van der Waals surface area (Å²) in [6, 6.07) is 4.62. The van der Waals surface area contributed by atoms with Crippen LogP contribution in [0.2, 0.25) is 4.34 Å². The molecule has 2 heterocycles. The fourth-order valence-electron chi connectivity index (χ4n) is 2.92. The lowest BCUT2D eigenvalue weighted by Crippen LogP contribution is -2.15. The number of nitrogens with one attached hydrogen (secondary N) is 1. The third-order valence-electron chi connectivity index (χ3n) is 3.88. The SMILES string of the molecule is CNC1CCCCc2cn(Cc3ccc(Cl)s3)cc21. The summed E-state index contributed by atoms with van der Waals surface area (Å²) in [6.45, 7) is 0.931. The van der Waals surface area contributed by atoms with Gasteiger partial charge in [0.1, 0.15) is 0 Å². The Morgan fingerprint density at radius 3 is 3.00 bits per heavy atom. The van der Waals surface area contributed by atoms with E-state index in [1.54, 1.807) is 11.3 Å². The topological polar surface area (TPSA) is 17.0 Å². The lowest BCUT2D eigenvalue weighted by atomic mass is 10.1. The molecule has 1 N–H and O–H groups in total. The van der Waals surface area contributed by atoms with E-state index in [-0.39, 0.29) is 0 Å². The minimum atomic E-state index is 0.519. The van der Waals surface area contributed by atoms with E-state index in [4.69, 9.17) is 11.6 Å². The van der Waals surface area contributed by atoms with Gasteiger partial charge in [-0.15, -0.1) is 11.3 Å². The van der Waals surface area contributed by atoms with Crippen LogP contribution >= 0.6 is 22.9 Å². The Bertz CT molecular complexity index is 558. The van der Waals surface area contributed by atoms with E-state index >= 15 is 0 Å². The third kappa shape index (κ3) is 2.88. The number of hydrogen-bond donors (Lipinski definition) is 1. The van der Waals surface area contributed by atoms with Crippen LogP contribution in [0.5, 0.6) is 0 Å². The van der Waals surface area contributed by atoms with E-state index < -0.39 is 0 Å². The van der Waals surface area contributed by atoms with Crippen molar-refractivity contribution in [2.24, 2.45) is 0 Å². The van der Waals surface area contributed by atoms with Gasteiger partial charge in [0.2, 0.25) is 0 Å². The second-order valence-electron chi connectivity index (χ2n) is 5.20. The molecule has 0 bridgehead atoms. The van der Waals surface area contributed by atoms with Crippen molar-refractivity contribution in [1.82, 2.24) is 9.88 Å². The van der Waals surface area contributed by atoms with Gasteiger partial charge in [0, 0.05) is 23.3 Å². The summed E-state index contributed by atoms with van der Waals surface area (Å²) in [7, 11) is 2.07. The molecular formula is C15H19ClN2S. The summed E-state index contributed by atoms with van der Waals surface area (Å²) in [5.74, 6) is 0. The molecule has 1 unspecified atom stereocenters. The number of aromatic nitrogens is 1. The molecule has 0 saturated heterocycles. The molecule has 0 amide bonds. The Balaban J connectivity index is 1.84. The van der Waals surface area contributed by atoms with E-state index in [2.05, 4.69) is 35.4 Å². The molecular weight excluding hydrogens is 276 g/mol. The van der Waals surface area contributed by atoms with Crippen molar-refractivity contribution in [3.63, 3.8) is 0 Å². The van der Waals surface area contributed by atoms with Crippen LogP contribution in [0.3, 0.4) is 0 Å². The third-order valence-corrected chi connectivity index (χ3v) is 5.09. The predicted octanol–water partition coefficient (Wildman–Crippen LogP) is 4.24. The van der Waals surface area contributed by atoms with Crippen molar-refractivity contribution < 1.29 is 0 Å². The zero-order valence-corrected chi connectivity index (χ0v) is 12.7. The Hall–Kier alpha value is -0.770. The fourth-order valence-corrected chi connectivity index (χ4v) is 4.02. The van der Waals surface area contributed by atoms with Crippen LogP contribution in [-0.4, -0.2) is 11.6 Å². The standard InChI is InChI=1S/C15H19ClN2S/c1-17-14-5-3-2-4-11-8-18(10-13(11)14)9-12-6-7-15(16)19-12/h6-8,10,14,17H,2-5,9H2,1H3. The Labute approximate surface area is 123 Å². The summed E-state index contributed by atoms with van der Waals surface area (Å²) < 4.78 is 3.18. The minimum absolute atomic E-state index is 0.519. The van der Waals surface area contributed by atoms with E-state index in [0.29, 0.717) is 6.04 Å². The molecule has 1 atom stereocenters. The lowest BCUT2D eigenvalue weighted by molar-refractivity contribution is 0.531. The highest BCUT2D eigenvalue weighted by atomic mass is 35.5. The maximum atomic E-state index is 5.99. The number of thiophene rings is 1. The minimum Gasteiger partial charge on any atom is -0.348 e. The average molecular weight is 295 g/mol. The first-order valence-electron chi connectivity index (χ1n) is 6.86. The molecule has 19 heavy (non-hydrogen) atoms. The van der Waals surface area contributed by atoms with Crippen LogP contribution in [0.25, 0.3) is 0 Å². The first kappa shape index (κ1) is 13.2. The fraction of sp³-hybridized carbons (Fsp3) is 0.467. The van der Waals surface area contributed by atoms with E-state index in [0.717, 1.165) is 10.9 Å². The van der Waals surface area contributed by atoms with Crippen LogP contribution in [-0.2, 0) is 13.0 Å². The number of fused-ring (bicyclic) bond motifs is 1. The van der Waals surface area contributed by atoms with E-state index in [1.165, 1.54) is 41.7 Å². The summed E-state index contributed by atoms with van der Waals surface area (Å²) in [6.07, 6.45) is 9.72. The van der Waals surface area contributed by atoms with Gasteiger partial charge in [-0.05, 0) is 49.6 Å². The number of nitrogens with zero attached hydrogens (tertiary/aromatic N) is 1. The molecule has 0 spiro atoms. The van der Waals surface area contributed by atoms with E-state index in [9.17, 15) is 0 Å². The molecule has 0 aromatic carbocycles. The van der Waals surface area contributed by atoms with Crippen molar-refractivity contribution in [3.8, 4) is 0 Å². The molecule has 0 radical (unpaired) electrons. The van der Waals surface area contributed by atoms with Gasteiger partial charge < -0.3 is 9.88 Å². The van der Waals surface area contributed by atoms with Gasteiger partial charge in [-0.1, -0.05) is 18.0 Å². The van der Waals surface area contributed by atoms with Gasteiger partial charge in [0.25, 0.3) is 0 Å². The summed E-state index contributed by atoms with van der Waals surface area (Å²) in [5, 5.41) is 3.45. The first-order valence-corrected chi connectivity index (χ1v) is 8.06. The molecule has 0 saturated carbocycles. The highest BCUT2D eigenvalue weighted by Gasteiger charge is 2.19. The van der Waals surface area contributed by atoms with Crippen LogP contribution < -0.4 is 5.32 Å². The predicted molar refractivity (Wildman–Crippen MR) is 82.2 cm³/mol. The molecule has 1 aliphatic rings. The molecule has 1 aliphatic carbocycles. The number of aryl methyl sites for hydroxylation is 1. The maximum Gasteiger partial charge on any atom is 0.0931 e.